The van der Waals surface area contributed by atoms with E-state index >= 15 is 0 Å². The fourth-order valence-electron chi connectivity index (χ4n) is 0.773. The number of nitrogens with two attached hydrogens (primary N) is 1. The van der Waals surface area contributed by atoms with Crippen LogP contribution in [0.4, 0.5) is 0 Å². The van der Waals surface area contributed by atoms with Crippen LogP contribution in [0.25, 0.3) is 0 Å². The lowest BCUT2D eigenvalue weighted by molar-refractivity contribution is -0.676. The third-order valence-corrected chi connectivity index (χ3v) is 1.22. The van der Waals surface area contributed by atoms with E-state index in [4.69, 9.17) is 4.74 Å². The van der Waals surface area contributed by atoms with Gasteiger partial charge in [-0.1, -0.05) is 0 Å². The summed E-state index contributed by atoms with van der Waals surface area (Å²) in [7, 11) is 0. The predicted octanol–water partition coefficient (Wildman–Crippen LogP) is -1.03. The van der Waals surface area contributed by atoms with Crippen LogP contribution in [0, 0.1) is 0 Å². The van der Waals surface area contributed by atoms with Crippen LogP contribution in [0.1, 0.15) is 6.92 Å². The summed E-state index contributed by atoms with van der Waals surface area (Å²) in [5.41, 5.74) is 0. The van der Waals surface area contributed by atoms with Crippen LogP contribution in [0.15, 0.2) is 0 Å². The van der Waals surface area contributed by atoms with Gasteiger partial charge in [0.2, 0.25) is 0 Å². The molecule has 42 valence electrons. The Morgan fingerprint density at radius 1 is 1.71 bits per heavy atom. The Bertz CT molecular complexity index is 50.0. The van der Waals surface area contributed by atoms with Gasteiger partial charge in [-0.15, -0.1) is 0 Å². The molecule has 0 unspecified atom stereocenters. The molecule has 1 aliphatic heterocycles. The summed E-state index contributed by atoms with van der Waals surface area (Å²) in [6, 6.07) is 0. The van der Waals surface area contributed by atoms with E-state index < -0.39 is 0 Å². The van der Waals surface area contributed by atoms with Gasteiger partial charge in [-0.2, -0.15) is 0 Å². The molecule has 0 spiro atoms. The second-order valence-electron chi connectivity index (χ2n) is 1.99. The van der Waals surface area contributed by atoms with Gasteiger partial charge in [0.15, 0.2) is 0 Å². The van der Waals surface area contributed by atoms with E-state index in [1.54, 1.807) is 0 Å². The summed E-state index contributed by atoms with van der Waals surface area (Å²) < 4.78 is 5.25. The van der Waals surface area contributed by atoms with Gasteiger partial charge in [0.1, 0.15) is 12.6 Å². The highest BCUT2D eigenvalue weighted by Crippen LogP contribution is 1.85. The maximum absolute atomic E-state index is 5.25. The number of hydrogen-bond acceptors (Lipinski definition) is 1. The van der Waals surface area contributed by atoms with Crippen molar-refractivity contribution >= 4 is 0 Å². The highest BCUT2D eigenvalue weighted by atomic mass is 16.5. The molecule has 0 aromatic heterocycles. The van der Waals surface area contributed by atoms with Gasteiger partial charge < -0.3 is 10.1 Å². The molecule has 0 saturated carbocycles. The van der Waals surface area contributed by atoms with Crippen LogP contribution < -0.4 is 5.32 Å². The molecule has 0 aliphatic carbocycles. The van der Waals surface area contributed by atoms with Crippen molar-refractivity contribution in [1.82, 2.24) is 0 Å². The van der Waals surface area contributed by atoms with Crippen molar-refractivity contribution in [3.8, 4) is 0 Å². The molecule has 2 heteroatoms. The van der Waals surface area contributed by atoms with E-state index in [1.165, 1.54) is 0 Å². The number of rotatable bonds is 0. The third kappa shape index (κ3) is 1.45. The minimum absolute atomic E-state index is 0.480. The van der Waals surface area contributed by atoms with Gasteiger partial charge in [-0.3, -0.25) is 0 Å². The Balaban J connectivity index is 2.12. The standard InChI is InChI=1S/C5H11NO/c1-5-4-6-2-3-7-5/h5-6H,2-4H2,1H3/p+1/t5-/m0/s1. The average Bonchev–Trinajstić information content (AvgIpc) is 1.69. The van der Waals surface area contributed by atoms with Gasteiger partial charge in [-0.25, -0.2) is 0 Å². The SMILES string of the molecule is C[C@H]1C[NH2+]CCO1. The van der Waals surface area contributed by atoms with Crippen LogP contribution in [0.5, 0.6) is 0 Å². The van der Waals surface area contributed by atoms with Crippen molar-refractivity contribution < 1.29 is 10.1 Å². The molecule has 0 bridgehead atoms. The van der Waals surface area contributed by atoms with E-state index in [2.05, 4.69) is 12.2 Å². The van der Waals surface area contributed by atoms with E-state index in [1.807, 2.05) is 0 Å². The number of morpholine rings is 1. The molecule has 2 nitrogen and oxygen atoms in total. The Labute approximate surface area is 43.9 Å². The lowest BCUT2D eigenvalue weighted by Crippen LogP contribution is -2.89. The topological polar surface area (TPSA) is 25.8 Å². The maximum Gasteiger partial charge on any atom is 0.104 e. The van der Waals surface area contributed by atoms with Crippen molar-refractivity contribution in [2.24, 2.45) is 0 Å². The van der Waals surface area contributed by atoms with Crippen molar-refractivity contribution in [2.45, 2.75) is 13.0 Å². The van der Waals surface area contributed by atoms with Crippen molar-refractivity contribution in [3.05, 3.63) is 0 Å². The Kier molecular flexibility index (Phi) is 1.65. The summed E-state index contributed by atoms with van der Waals surface area (Å²) in [4.78, 5) is 0. The minimum atomic E-state index is 0.480. The van der Waals surface area contributed by atoms with Gasteiger partial charge in [0.25, 0.3) is 0 Å². The molecule has 0 aromatic rings. The van der Waals surface area contributed by atoms with Crippen LogP contribution in [-0.4, -0.2) is 25.8 Å². The van der Waals surface area contributed by atoms with Crippen molar-refractivity contribution in [1.29, 1.82) is 0 Å². The molecule has 7 heavy (non-hydrogen) atoms. The molecule has 0 aromatic carbocycles. The van der Waals surface area contributed by atoms with Crippen LogP contribution in [0.3, 0.4) is 0 Å². The van der Waals surface area contributed by atoms with Gasteiger partial charge in [-0.05, 0) is 6.92 Å². The first-order chi connectivity index (χ1) is 3.39. The molecule has 1 rings (SSSR count). The van der Waals surface area contributed by atoms with Gasteiger partial charge in [0, 0.05) is 0 Å². The van der Waals surface area contributed by atoms with E-state index in [0.29, 0.717) is 6.10 Å². The Morgan fingerprint density at radius 2 is 2.57 bits per heavy atom. The zero-order valence-corrected chi connectivity index (χ0v) is 4.68. The Hall–Kier alpha value is -0.0800. The molecule has 1 aliphatic rings. The van der Waals surface area contributed by atoms with Crippen LogP contribution in [-0.2, 0) is 4.74 Å². The summed E-state index contributed by atoms with van der Waals surface area (Å²) in [5, 5.41) is 2.29. The van der Waals surface area contributed by atoms with E-state index in [0.717, 1.165) is 19.7 Å². The molecule has 2 N–H and O–H groups in total. The first kappa shape index (κ1) is 5.06. The molecule has 0 amide bonds. The zero-order chi connectivity index (χ0) is 5.11. The lowest BCUT2D eigenvalue weighted by atomic mass is 10.3. The minimum Gasteiger partial charge on any atom is -0.367 e. The second-order valence-corrected chi connectivity index (χ2v) is 1.99. The highest BCUT2D eigenvalue weighted by Gasteiger charge is 2.08. The monoisotopic (exact) mass is 102 g/mol. The summed E-state index contributed by atoms with van der Waals surface area (Å²) in [6.45, 7) is 5.32. The van der Waals surface area contributed by atoms with E-state index in [-0.39, 0.29) is 0 Å². The van der Waals surface area contributed by atoms with Crippen LogP contribution >= 0.6 is 0 Å². The number of hydrogen-bond donors (Lipinski definition) is 1. The molecule has 1 fully saturated rings. The molecular formula is C5H12NO+. The summed E-state index contributed by atoms with van der Waals surface area (Å²) in [5.74, 6) is 0. The molecule has 0 radical (unpaired) electrons. The first-order valence-corrected chi connectivity index (χ1v) is 2.83. The lowest BCUT2D eigenvalue weighted by Gasteiger charge is -2.15. The number of quaternary nitrogens is 1. The smallest absolute Gasteiger partial charge is 0.104 e. The zero-order valence-electron chi connectivity index (χ0n) is 4.68. The van der Waals surface area contributed by atoms with Gasteiger partial charge in [0.05, 0.1) is 13.2 Å². The normalized spacial score (nSPS) is 33.0. The second kappa shape index (κ2) is 2.28. The summed E-state index contributed by atoms with van der Waals surface area (Å²) in [6.07, 6.45) is 0.480. The van der Waals surface area contributed by atoms with E-state index in [9.17, 15) is 0 Å². The fourth-order valence-corrected chi connectivity index (χ4v) is 0.773. The average molecular weight is 102 g/mol. The third-order valence-electron chi connectivity index (χ3n) is 1.22. The van der Waals surface area contributed by atoms with Gasteiger partial charge >= 0.3 is 0 Å². The molecule has 1 atom stereocenters. The highest BCUT2D eigenvalue weighted by molar-refractivity contribution is 4.46. The first-order valence-electron chi connectivity index (χ1n) is 2.83. The number of ether oxygens (including phenoxy) is 1. The fraction of sp³-hybridized carbons (Fsp3) is 1.00. The van der Waals surface area contributed by atoms with Crippen LogP contribution in [0.2, 0.25) is 0 Å². The molecule has 1 heterocycles. The Morgan fingerprint density at radius 3 is 2.86 bits per heavy atom. The molecule has 1 saturated heterocycles. The molecular weight excluding hydrogens is 90.1 g/mol. The largest absolute Gasteiger partial charge is 0.367 e. The maximum atomic E-state index is 5.25. The summed E-state index contributed by atoms with van der Waals surface area (Å²) >= 11 is 0. The predicted molar refractivity (Wildman–Crippen MR) is 27.1 cm³/mol. The quantitative estimate of drug-likeness (QED) is 0.416. The van der Waals surface area contributed by atoms with Crippen molar-refractivity contribution in [3.63, 3.8) is 0 Å². The van der Waals surface area contributed by atoms with Crippen molar-refractivity contribution in [2.75, 3.05) is 19.7 Å².